The van der Waals surface area contributed by atoms with E-state index in [-0.39, 0.29) is 29.8 Å². The molecular formula is C30H22F2N4O4S. The number of anilines is 1. The third kappa shape index (κ3) is 7.14. The summed E-state index contributed by atoms with van der Waals surface area (Å²) in [6.45, 7) is -0.188. The summed E-state index contributed by atoms with van der Waals surface area (Å²) in [5.74, 6) is -0.701. The van der Waals surface area contributed by atoms with Gasteiger partial charge in [-0.3, -0.25) is 14.5 Å². The summed E-state index contributed by atoms with van der Waals surface area (Å²) in [6, 6.07) is 21.9. The molecule has 1 aromatic heterocycles. The molecule has 1 aliphatic rings. The minimum absolute atomic E-state index is 0.117. The van der Waals surface area contributed by atoms with E-state index in [1.54, 1.807) is 60.7 Å². The van der Waals surface area contributed by atoms with Gasteiger partial charge in [-0.05, 0) is 66.4 Å². The van der Waals surface area contributed by atoms with E-state index in [9.17, 15) is 18.4 Å². The van der Waals surface area contributed by atoms with E-state index < -0.39 is 17.5 Å². The van der Waals surface area contributed by atoms with Crippen molar-refractivity contribution in [1.29, 1.82) is 0 Å². The maximum absolute atomic E-state index is 14.0. The molecule has 5 rings (SSSR count). The number of amides is 2. The third-order valence-electron chi connectivity index (χ3n) is 5.72. The second-order valence-corrected chi connectivity index (χ2v) is 9.62. The van der Waals surface area contributed by atoms with E-state index in [0.717, 1.165) is 11.8 Å². The predicted octanol–water partition coefficient (Wildman–Crippen LogP) is 6.08. The zero-order valence-electron chi connectivity index (χ0n) is 21.4. The van der Waals surface area contributed by atoms with E-state index in [2.05, 4.69) is 15.5 Å². The number of benzene rings is 3. The van der Waals surface area contributed by atoms with Gasteiger partial charge >= 0.3 is 0 Å². The fraction of sp³-hybridized carbons (Fsp3) is 0.0667. The van der Waals surface area contributed by atoms with Gasteiger partial charge in [0.05, 0.1) is 23.9 Å². The summed E-state index contributed by atoms with van der Waals surface area (Å²) in [5.41, 5.74) is 1.26. The predicted molar refractivity (Wildman–Crippen MR) is 153 cm³/mol. The van der Waals surface area contributed by atoms with Crippen molar-refractivity contribution >= 4 is 46.7 Å². The van der Waals surface area contributed by atoms with Crippen LogP contribution in [0.1, 0.15) is 16.9 Å². The van der Waals surface area contributed by atoms with Crippen molar-refractivity contribution in [1.82, 2.24) is 4.90 Å². The summed E-state index contributed by atoms with van der Waals surface area (Å²) in [4.78, 5) is 27.5. The van der Waals surface area contributed by atoms with E-state index in [1.165, 1.54) is 47.7 Å². The summed E-state index contributed by atoms with van der Waals surface area (Å²) < 4.78 is 38.2. The highest BCUT2D eigenvalue weighted by molar-refractivity contribution is 8.18. The Morgan fingerprint density at radius 3 is 2.49 bits per heavy atom. The van der Waals surface area contributed by atoms with Crippen molar-refractivity contribution in [3.05, 3.63) is 125 Å². The molecule has 1 N–H and O–H groups in total. The topological polar surface area (TPSA) is 96.5 Å². The quantitative estimate of drug-likeness (QED) is 0.149. The second kappa shape index (κ2) is 12.9. The van der Waals surface area contributed by atoms with Crippen LogP contribution in [-0.2, 0) is 16.1 Å². The first-order chi connectivity index (χ1) is 20.0. The van der Waals surface area contributed by atoms with Gasteiger partial charge in [0.25, 0.3) is 11.8 Å². The molecule has 0 spiro atoms. The number of rotatable bonds is 9. The zero-order chi connectivity index (χ0) is 28.6. The minimum atomic E-state index is -0.442. The molecule has 0 radical (unpaired) electrons. The molecule has 0 bridgehead atoms. The number of ether oxygens (including phenoxy) is 1. The van der Waals surface area contributed by atoms with Gasteiger partial charge < -0.3 is 14.5 Å². The average Bonchev–Trinajstić information content (AvgIpc) is 3.59. The number of hydrogen-bond acceptors (Lipinski definition) is 7. The lowest BCUT2D eigenvalue weighted by Gasteiger charge is -2.12. The second-order valence-electron chi connectivity index (χ2n) is 8.61. The Morgan fingerprint density at radius 2 is 1.73 bits per heavy atom. The molecule has 2 heterocycles. The van der Waals surface area contributed by atoms with Crippen LogP contribution in [-0.4, -0.2) is 34.7 Å². The van der Waals surface area contributed by atoms with Crippen LogP contribution < -0.4 is 10.1 Å². The fourth-order valence-corrected chi connectivity index (χ4v) is 4.67. The largest absolute Gasteiger partial charge is 0.483 e. The highest BCUT2D eigenvalue weighted by Crippen LogP contribution is 2.35. The van der Waals surface area contributed by atoms with Crippen LogP contribution in [0, 0.1) is 11.6 Å². The molecule has 11 heteroatoms. The van der Waals surface area contributed by atoms with Gasteiger partial charge in [-0.15, -0.1) is 5.10 Å². The fourth-order valence-electron chi connectivity index (χ4n) is 3.75. The molecule has 0 aliphatic carbocycles. The normalized spacial score (nSPS) is 15.3. The lowest BCUT2D eigenvalue weighted by Crippen LogP contribution is -2.28. The van der Waals surface area contributed by atoms with Crippen molar-refractivity contribution < 1.29 is 27.5 Å². The van der Waals surface area contributed by atoms with Crippen molar-refractivity contribution in [3.63, 3.8) is 0 Å². The van der Waals surface area contributed by atoms with Gasteiger partial charge in [0.15, 0.2) is 11.8 Å². The number of carbonyl (C=O) groups excluding carboxylic acids is 2. The maximum Gasteiger partial charge on any atom is 0.267 e. The lowest BCUT2D eigenvalue weighted by molar-refractivity contribution is -0.122. The number of amidine groups is 1. The van der Waals surface area contributed by atoms with E-state index in [4.69, 9.17) is 9.15 Å². The summed E-state index contributed by atoms with van der Waals surface area (Å²) in [7, 11) is 0. The van der Waals surface area contributed by atoms with Gasteiger partial charge in [0.1, 0.15) is 23.1 Å². The molecule has 4 aromatic rings. The monoisotopic (exact) mass is 572 g/mol. The van der Waals surface area contributed by atoms with Crippen LogP contribution >= 0.6 is 11.8 Å². The van der Waals surface area contributed by atoms with Crippen LogP contribution in [0.5, 0.6) is 5.75 Å². The first-order valence-corrected chi connectivity index (χ1v) is 13.1. The first-order valence-electron chi connectivity index (χ1n) is 12.3. The standard InChI is InChI=1S/C30H22F2N4O4S/c31-22-11-13-23(14-12-22)34-28(37)19-40-26-10-4-2-6-20(26)16-27-29(38)36(18-24-8-5-15-39-24)30(41-27)35-33-17-21-7-1-3-9-25(21)32/h1-17H,18-19H2,(H,34,37)/b27-16-,33-17-,35-30+. The minimum Gasteiger partial charge on any atom is -0.483 e. The number of hydrogen-bond donors (Lipinski definition) is 1. The Kier molecular flexibility index (Phi) is 8.65. The molecule has 3 aromatic carbocycles. The summed E-state index contributed by atoms with van der Waals surface area (Å²) in [6.07, 6.45) is 4.42. The zero-order valence-corrected chi connectivity index (χ0v) is 22.2. The molecule has 8 nitrogen and oxygen atoms in total. The van der Waals surface area contributed by atoms with Crippen molar-refractivity contribution in [2.75, 3.05) is 11.9 Å². The van der Waals surface area contributed by atoms with Crippen LogP contribution in [0.15, 0.2) is 111 Å². The molecular weight excluding hydrogens is 550 g/mol. The Bertz CT molecular complexity index is 1640. The van der Waals surface area contributed by atoms with E-state index in [1.807, 2.05) is 0 Å². The highest BCUT2D eigenvalue weighted by atomic mass is 32.2. The number of nitrogens with zero attached hydrogens (tertiary/aromatic N) is 3. The maximum atomic E-state index is 14.0. The number of carbonyl (C=O) groups is 2. The van der Waals surface area contributed by atoms with E-state index in [0.29, 0.717) is 27.7 Å². The van der Waals surface area contributed by atoms with Crippen molar-refractivity contribution in [2.45, 2.75) is 6.54 Å². The lowest BCUT2D eigenvalue weighted by atomic mass is 10.2. The number of thioether (sulfide) groups is 1. The molecule has 2 amide bonds. The first kappa shape index (κ1) is 27.5. The summed E-state index contributed by atoms with van der Waals surface area (Å²) in [5, 5.41) is 11.1. The number of halogens is 2. The van der Waals surface area contributed by atoms with E-state index >= 15 is 0 Å². The molecule has 0 unspecified atom stereocenters. The van der Waals surface area contributed by atoms with Gasteiger partial charge in [0.2, 0.25) is 0 Å². The highest BCUT2D eigenvalue weighted by Gasteiger charge is 2.34. The Balaban J connectivity index is 1.34. The SMILES string of the molecule is O=C(COc1ccccc1/C=C1\S/C(=N/N=C\c2ccccc2F)N(Cc2ccco2)C1=O)Nc1ccc(F)cc1. The van der Waals surface area contributed by atoms with Gasteiger partial charge in [-0.1, -0.05) is 36.4 Å². The Labute approximate surface area is 238 Å². The van der Waals surface area contributed by atoms with Crippen LogP contribution in [0.2, 0.25) is 0 Å². The van der Waals surface area contributed by atoms with Crippen LogP contribution in [0.25, 0.3) is 6.08 Å². The number of furan rings is 1. The Morgan fingerprint density at radius 1 is 0.976 bits per heavy atom. The third-order valence-corrected chi connectivity index (χ3v) is 6.72. The Hall–Kier alpha value is -5.03. The molecule has 41 heavy (non-hydrogen) atoms. The molecule has 1 fully saturated rings. The van der Waals surface area contributed by atoms with Crippen LogP contribution in [0.3, 0.4) is 0 Å². The molecule has 1 saturated heterocycles. The van der Waals surface area contributed by atoms with Gasteiger partial charge in [0, 0.05) is 16.8 Å². The van der Waals surface area contributed by atoms with Gasteiger partial charge in [-0.25, -0.2) is 8.78 Å². The molecule has 0 saturated carbocycles. The molecule has 1 aliphatic heterocycles. The van der Waals surface area contributed by atoms with Crippen molar-refractivity contribution in [2.24, 2.45) is 10.2 Å². The molecule has 0 atom stereocenters. The van der Waals surface area contributed by atoms with Gasteiger partial charge in [-0.2, -0.15) is 5.10 Å². The number of nitrogens with one attached hydrogen (secondary N) is 1. The smallest absolute Gasteiger partial charge is 0.267 e. The average molecular weight is 573 g/mol. The molecule has 206 valence electrons. The summed E-state index contributed by atoms with van der Waals surface area (Å²) >= 11 is 1.09. The van der Waals surface area contributed by atoms with Crippen molar-refractivity contribution in [3.8, 4) is 5.75 Å². The van der Waals surface area contributed by atoms with Crippen LogP contribution in [0.4, 0.5) is 14.5 Å². The number of para-hydroxylation sites is 1.